The van der Waals surface area contributed by atoms with Gasteiger partial charge in [0, 0.05) is 76.1 Å². The fraction of sp³-hybridized carbons (Fsp3) is 0.125. The number of nitrogens with zero attached hydrogens (tertiary/aromatic N) is 3. The number of hydrogen-bond donors (Lipinski definition) is 2. The number of fused-ring (bicyclic) bond motifs is 6. The normalized spacial score (nSPS) is 10.9. The third-order valence-corrected chi connectivity index (χ3v) is 11.3. The Balaban J connectivity index is 0.00000119. The molecule has 0 saturated carbocycles. The van der Waals surface area contributed by atoms with E-state index in [1.807, 2.05) is 97.1 Å². The quantitative estimate of drug-likeness (QED) is 0.0812. The molecule has 2 heterocycles. The van der Waals surface area contributed by atoms with E-state index >= 15 is 0 Å². The predicted molar refractivity (Wildman–Crippen MR) is 262 cm³/mol. The Morgan fingerprint density at radius 1 is 0.438 bits per heavy atom. The summed E-state index contributed by atoms with van der Waals surface area (Å²) in [4.78, 5) is 0. The number of rotatable bonds is 10. The van der Waals surface area contributed by atoms with Gasteiger partial charge < -0.3 is 41.6 Å². The van der Waals surface area contributed by atoms with E-state index in [0.717, 1.165) is 77.2 Å². The van der Waals surface area contributed by atoms with Crippen molar-refractivity contribution in [2.24, 2.45) is 0 Å². The van der Waals surface area contributed by atoms with Gasteiger partial charge in [-0.05, 0) is 85.6 Å². The van der Waals surface area contributed by atoms with Crippen LogP contribution in [0.1, 0.15) is 17.5 Å². The molecule has 7 nitrogen and oxygen atoms in total. The molecule has 0 unspecified atom stereocenters. The molecule has 2 aromatic heterocycles. The van der Waals surface area contributed by atoms with E-state index < -0.39 is 0 Å². The summed E-state index contributed by atoms with van der Waals surface area (Å²) >= 11 is 0. The van der Waals surface area contributed by atoms with E-state index in [2.05, 4.69) is 101 Å². The third kappa shape index (κ3) is 8.43. The summed E-state index contributed by atoms with van der Waals surface area (Å²) in [5.74, 6) is 1.76. The van der Waals surface area contributed by atoms with Gasteiger partial charge in [-0.15, -0.1) is 0 Å². The van der Waals surface area contributed by atoms with Crippen molar-refractivity contribution in [3.8, 4) is 56.6 Å². The maximum Gasteiger partial charge on any atom is 0.147 e. The van der Waals surface area contributed by atoms with Crippen LogP contribution >= 0.6 is 0 Å². The Labute approximate surface area is 393 Å². The number of hydrogen-bond acceptors (Lipinski definition) is 4. The second kappa shape index (κ2) is 19.8. The van der Waals surface area contributed by atoms with Crippen LogP contribution < -0.4 is 9.47 Å². The maximum absolute atomic E-state index is 12.0. The first-order chi connectivity index (χ1) is 30.4. The van der Waals surface area contributed by atoms with Crippen molar-refractivity contribution in [1.29, 1.82) is 0 Å². The molecule has 0 aliphatic carbocycles. The molecule has 10 aromatic rings. The average Bonchev–Trinajstić information content (AvgIpc) is 3.81. The largest absolute Gasteiger partial charge is 0.668 e. The fourth-order valence-corrected chi connectivity index (χ4v) is 8.69. The van der Waals surface area contributed by atoms with Crippen molar-refractivity contribution < 1.29 is 45.5 Å². The molecule has 8 heteroatoms. The molecule has 0 saturated heterocycles. The van der Waals surface area contributed by atoms with E-state index in [9.17, 15) is 10.2 Å². The molecular formula is C56H51HfN3O4-2. The van der Waals surface area contributed by atoms with Crippen LogP contribution in [0.2, 0.25) is 0 Å². The van der Waals surface area contributed by atoms with Crippen LogP contribution in [0.25, 0.3) is 82.6 Å². The number of aromatic nitrogens is 2. The standard InChI is InChI=1S/C53H42N2O4.C2H6N.CH3.Hf/c1-34-30-42(52(56)48(32-34)54-44-22-9-3-16-36(44)37-17-4-10-23-45(37)54)40-20-7-13-26-50(40)58-28-15-29-59-51-27-14-8-21-41(51)43-31-35(2)33-49(53(43)57)55-46-24-11-5-18-38(46)39-19-6-12-25-47(39)55;1-3-2;;/h3-14,16-27,30-33,56-57H,15,28-29H2,1-2H3;1-2H3;1H3;/q;2*-1;. The third-order valence-electron chi connectivity index (χ3n) is 11.3. The summed E-state index contributed by atoms with van der Waals surface area (Å²) in [6.07, 6.45) is 0.613. The van der Waals surface area contributed by atoms with Gasteiger partial charge in [0.1, 0.15) is 23.0 Å². The molecule has 0 aliphatic heterocycles. The molecule has 0 spiro atoms. The number of phenolic OH excluding ortho intramolecular Hbond substituents is 2. The van der Waals surface area contributed by atoms with Crippen LogP contribution in [0, 0.1) is 21.3 Å². The molecule has 10 rings (SSSR count). The molecule has 320 valence electrons. The molecular weight excluding hydrogens is 957 g/mol. The summed E-state index contributed by atoms with van der Waals surface area (Å²) in [5.41, 5.74) is 10.7. The maximum atomic E-state index is 12.0. The SMILES string of the molecule is C[N-]C.Cc1cc(-c2ccccc2OCCCOc2ccccc2-c2cc(C)cc(-n3c4ccccc4c4ccccc43)c2O)c(O)c(-n2c3ccccc3c3ccccc32)c1.[CH3-].[Hf]. The van der Waals surface area contributed by atoms with Crippen molar-refractivity contribution in [3.05, 3.63) is 194 Å². The van der Waals surface area contributed by atoms with Crippen LogP contribution in [-0.2, 0) is 25.8 Å². The van der Waals surface area contributed by atoms with Crippen LogP contribution in [-0.4, -0.2) is 46.7 Å². The summed E-state index contributed by atoms with van der Waals surface area (Å²) < 4.78 is 17.2. The van der Waals surface area contributed by atoms with Crippen molar-refractivity contribution in [1.82, 2.24) is 9.13 Å². The first kappa shape index (κ1) is 45.4. The summed E-state index contributed by atoms with van der Waals surface area (Å²) in [7, 11) is 3.50. The van der Waals surface area contributed by atoms with E-state index in [-0.39, 0.29) is 44.8 Å². The smallest absolute Gasteiger partial charge is 0.147 e. The number of aryl methyl sites for hydroxylation is 2. The van der Waals surface area contributed by atoms with Gasteiger partial charge in [-0.2, -0.15) is 14.1 Å². The zero-order chi connectivity index (χ0) is 42.7. The molecule has 64 heavy (non-hydrogen) atoms. The van der Waals surface area contributed by atoms with Crippen LogP contribution in [0.5, 0.6) is 23.0 Å². The Bertz CT molecular complexity index is 2920. The molecule has 0 fully saturated rings. The van der Waals surface area contributed by atoms with Crippen LogP contribution in [0.4, 0.5) is 0 Å². The minimum Gasteiger partial charge on any atom is -0.668 e. The average molecular weight is 1010 g/mol. The molecule has 0 amide bonds. The summed E-state index contributed by atoms with van der Waals surface area (Å²) in [6.45, 7) is 4.92. The second-order valence-electron chi connectivity index (χ2n) is 15.6. The second-order valence-corrected chi connectivity index (χ2v) is 15.6. The van der Waals surface area contributed by atoms with Gasteiger partial charge in [0.05, 0.1) is 46.7 Å². The fourth-order valence-electron chi connectivity index (χ4n) is 8.69. The van der Waals surface area contributed by atoms with Gasteiger partial charge in [0.15, 0.2) is 0 Å². The first-order valence-electron chi connectivity index (χ1n) is 20.9. The topological polar surface area (TPSA) is 82.9 Å². The Morgan fingerprint density at radius 2 is 0.734 bits per heavy atom. The zero-order valence-corrected chi connectivity index (χ0v) is 40.4. The van der Waals surface area contributed by atoms with Crippen molar-refractivity contribution in [2.45, 2.75) is 20.3 Å². The number of benzene rings is 8. The number of aromatic hydroxyl groups is 2. The summed E-state index contributed by atoms with van der Waals surface area (Å²) in [5, 5.41) is 32.1. The minimum absolute atomic E-state index is 0. The van der Waals surface area contributed by atoms with Crippen molar-refractivity contribution in [3.63, 3.8) is 0 Å². The molecule has 0 aliphatic rings. The Kier molecular flexibility index (Phi) is 14.1. The van der Waals surface area contributed by atoms with Gasteiger partial charge in [-0.1, -0.05) is 109 Å². The van der Waals surface area contributed by atoms with E-state index in [4.69, 9.17) is 9.47 Å². The van der Waals surface area contributed by atoms with Crippen molar-refractivity contribution >= 4 is 43.6 Å². The van der Waals surface area contributed by atoms with Gasteiger partial charge in [0.2, 0.25) is 0 Å². The van der Waals surface area contributed by atoms with Gasteiger partial charge in [0.25, 0.3) is 0 Å². The number of ether oxygens (including phenoxy) is 2. The number of para-hydroxylation sites is 6. The predicted octanol–water partition coefficient (Wildman–Crippen LogP) is 14.2. The molecule has 0 atom stereocenters. The van der Waals surface area contributed by atoms with E-state index in [1.54, 1.807) is 14.1 Å². The zero-order valence-electron chi connectivity index (χ0n) is 36.8. The monoisotopic (exact) mass is 1010 g/mol. The van der Waals surface area contributed by atoms with Crippen LogP contribution in [0.3, 0.4) is 0 Å². The van der Waals surface area contributed by atoms with Gasteiger partial charge >= 0.3 is 0 Å². The first-order valence-corrected chi connectivity index (χ1v) is 20.9. The van der Waals surface area contributed by atoms with Crippen molar-refractivity contribution in [2.75, 3.05) is 27.3 Å². The van der Waals surface area contributed by atoms with Gasteiger partial charge in [-0.25, -0.2) is 0 Å². The van der Waals surface area contributed by atoms with E-state index in [0.29, 0.717) is 42.3 Å². The molecule has 0 bridgehead atoms. The van der Waals surface area contributed by atoms with E-state index in [1.165, 1.54) is 0 Å². The molecule has 8 aromatic carbocycles. The van der Waals surface area contributed by atoms with Gasteiger partial charge in [-0.3, -0.25) is 0 Å². The Morgan fingerprint density at radius 3 is 1.08 bits per heavy atom. The summed E-state index contributed by atoms with van der Waals surface area (Å²) in [6, 6.07) is 57.1. The Hall–Kier alpha value is -6.61. The minimum atomic E-state index is 0. The molecule has 0 radical (unpaired) electrons. The van der Waals surface area contributed by atoms with Crippen LogP contribution in [0.15, 0.2) is 170 Å². The number of phenols is 2. The molecule has 2 N–H and O–H groups in total.